The van der Waals surface area contributed by atoms with Crippen LogP contribution >= 0.6 is 11.3 Å². The Labute approximate surface area is 114 Å². The Kier molecular flexibility index (Phi) is 3.62. The quantitative estimate of drug-likeness (QED) is 0.843. The van der Waals surface area contributed by atoms with Crippen LogP contribution in [0.25, 0.3) is 0 Å². The van der Waals surface area contributed by atoms with E-state index in [0.717, 1.165) is 11.3 Å². The molecule has 5 nitrogen and oxygen atoms in total. The third kappa shape index (κ3) is 2.97. The molecule has 1 amide bonds. The van der Waals surface area contributed by atoms with Crippen molar-refractivity contribution >= 4 is 33.8 Å². The Morgan fingerprint density at radius 1 is 1.37 bits per heavy atom. The molecule has 0 aliphatic carbocycles. The van der Waals surface area contributed by atoms with E-state index in [0.29, 0.717) is 27.0 Å². The largest absolute Gasteiger partial charge is 0.375 e. The highest BCUT2D eigenvalue weighted by Crippen LogP contribution is 2.21. The van der Waals surface area contributed by atoms with Crippen molar-refractivity contribution in [1.82, 2.24) is 4.98 Å². The number of hydrogen-bond acceptors (Lipinski definition) is 5. The van der Waals surface area contributed by atoms with E-state index >= 15 is 0 Å². The minimum absolute atomic E-state index is 0.0469. The molecule has 1 aromatic carbocycles. The van der Waals surface area contributed by atoms with E-state index in [9.17, 15) is 9.59 Å². The number of rotatable bonds is 3. The molecule has 1 heterocycles. The zero-order valence-electron chi connectivity index (χ0n) is 10.6. The summed E-state index contributed by atoms with van der Waals surface area (Å²) in [7, 11) is 0. The highest BCUT2D eigenvalue weighted by atomic mass is 32.1. The van der Waals surface area contributed by atoms with Gasteiger partial charge in [0.15, 0.2) is 10.9 Å². The standard InChI is InChI=1S/C13H13N3O2S/c1-7-11(19-13(14)15-7)12(18)16-10-5-3-4-9(6-10)8(2)17/h3-6H,1-2H3,(H2,14,15)(H,16,18). The van der Waals surface area contributed by atoms with Crippen LogP contribution in [0, 0.1) is 6.92 Å². The van der Waals surface area contributed by atoms with Crippen molar-refractivity contribution in [2.45, 2.75) is 13.8 Å². The summed E-state index contributed by atoms with van der Waals surface area (Å²) in [4.78, 5) is 27.8. The van der Waals surface area contributed by atoms with Gasteiger partial charge < -0.3 is 11.1 Å². The van der Waals surface area contributed by atoms with E-state index < -0.39 is 0 Å². The lowest BCUT2D eigenvalue weighted by atomic mass is 10.1. The van der Waals surface area contributed by atoms with Gasteiger partial charge in [-0.2, -0.15) is 0 Å². The number of aryl methyl sites for hydroxylation is 1. The lowest BCUT2D eigenvalue weighted by Gasteiger charge is -2.05. The zero-order valence-corrected chi connectivity index (χ0v) is 11.4. The average Bonchev–Trinajstić information content (AvgIpc) is 2.69. The predicted molar refractivity (Wildman–Crippen MR) is 75.7 cm³/mol. The van der Waals surface area contributed by atoms with Gasteiger partial charge in [0.25, 0.3) is 5.91 Å². The number of anilines is 2. The number of hydrogen-bond donors (Lipinski definition) is 2. The molecule has 2 aromatic rings. The fourth-order valence-corrected chi connectivity index (χ4v) is 2.36. The van der Waals surface area contributed by atoms with E-state index in [4.69, 9.17) is 5.73 Å². The Morgan fingerprint density at radius 2 is 2.11 bits per heavy atom. The Bertz CT molecular complexity index is 649. The molecule has 0 bridgehead atoms. The molecule has 0 spiro atoms. The molecule has 0 saturated carbocycles. The summed E-state index contributed by atoms with van der Waals surface area (Å²) >= 11 is 1.14. The number of aromatic nitrogens is 1. The van der Waals surface area contributed by atoms with E-state index in [1.807, 2.05) is 0 Å². The normalized spacial score (nSPS) is 10.2. The lowest BCUT2D eigenvalue weighted by Crippen LogP contribution is -2.11. The number of nitrogens with zero attached hydrogens (tertiary/aromatic N) is 1. The van der Waals surface area contributed by atoms with Crippen molar-refractivity contribution in [2.24, 2.45) is 0 Å². The van der Waals surface area contributed by atoms with Gasteiger partial charge in [-0.15, -0.1) is 0 Å². The summed E-state index contributed by atoms with van der Waals surface area (Å²) in [5.41, 5.74) is 7.28. The highest BCUT2D eigenvalue weighted by molar-refractivity contribution is 7.17. The second-order valence-corrected chi connectivity index (χ2v) is 5.09. The van der Waals surface area contributed by atoms with Gasteiger partial charge in [0.1, 0.15) is 4.88 Å². The van der Waals surface area contributed by atoms with Crippen molar-refractivity contribution in [1.29, 1.82) is 0 Å². The third-order valence-corrected chi connectivity index (χ3v) is 3.53. The maximum Gasteiger partial charge on any atom is 0.267 e. The van der Waals surface area contributed by atoms with Crippen molar-refractivity contribution < 1.29 is 9.59 Å². The molecule has 0 unspecified atom stereocenters. The number of carbonyl (C=O) groups is 2. The van der Waals surface area contributed by atoms with E-state index in [2.05, 4.69) is 10.3 Å². The number of ketones is 1. The zero-order chi connectivity index (χ0) is 14.0. The Hall–Kier alpha value is -2.21. The van der Waals surface area contributed by atoms with Crippen molar-refractivity contribution in [3.8, 4) is 0 Å². The summed E-state index contributed by atoms with van der Waals surface area (Å²) in [6, 6.07) is 6.79. The van der Waals surface area contributed by atoms with Crippen LogP contribution in [0.15, 0.2) is 24.3 Å². The van der Waals surface area contributed by atoms with Crippen LogP contribution in [0.2, 0.25) is 0 Å². The minimum Gasteiger partial charge on any atom is -0.375 e. The number of nitrogens with two attached hydrogens (primary N) is 1. The van der Waals surface area contributed by atoms with Crippen LogP contribution in [0.4, 0.5) is 10.8 Å². The topological polar surface area (TPSA) is 85.1 Å². The van der Waals surface area contributed by atoms with Crippen LogP contribution in [-0.4, -0.2) is 16.7 Å². The predicted octanol–water partition coefficient (Wildman–Crippen LogP) is 2.49. The van der Waals surface area contributed by atoms with Gasteiger partial charge in [-0.05, 0) is 26.0 Å². The Balaban J connectivity index is 2.21. The van der Waals surface area contributed by atoms with Gasteiger partial charge in [0.2, 0.25) is 0 Å². The second-order valence-electron chi connectivity index (χ2n) is 4.06. The van der Waals surface area contributed by atoms with E-state index in [1.54, 1.807) is 31.2 Å². The first-order valence-corrected chi connectivity index (χ1v) is 6.44. The van der Waals surface area contributed by atoms with Crippen molar-refractivity contribution in [3.05, 3.63) is 40.4 Å². The monoisotopic (exact) mass is 275 g/mol. The first kappa shape index (κ1) is 13.2. The molecular formula is C13H13N3O2S. The fourth-order valence-electron chi connectivity index (χ4n) is 1.63. The lowest BCUT2D eigenvalue weighted by molar-refractivity contribution is 0.101. The second kappa shape index (κ2) is 5.19. The van der Waals surface area contributed by atoms with Crippen LogP contribution in [0.5, 0.6) is 0 Å². The highest BCUT2D eigenvalue weighted by Gasteiger charge is 2.14. The van der Waals surface area contributed by atoms with Crippen LogP contribution in [0.3, 0.4) is 0 Å². The number of nitrogen functional groups attached to an aromatic ring is 1. The smallest absolute Gasteiger partial charge is 0.267 e. The van der Waals surface area contributed by atoms with Crippen LogP contribution < -0.4 is 11.1 Å². The van der Waals surface area contributed by atoms with Crippen LogP contribution in [-0.2, 0) is 0 Å². The van der Waals surface area contributed by atoms with E-state index in [-0.39, 0.29) is 11.7 Å². The number of thiazole rings is 1. The molecule has 0 saturated heterocycles. The maximum atomic E-state index is 12.0. The summed E-state index contributed by atoms with van der Waals surface area (Å²) in [6.07, 6.45) is 0. The number of carbonyl (C=O) groups excluding carboxylic acids is 2. The van der Waals surface area contributed by atoms with Crippen LogP contribution in [0.1, 0.15) is 32.6 Å². The molecule has 3 N–H and O–H groups in total. The summed E-state index contributed by atoms with van der Waals surface area (Å²) < 4.78 is 0. The first-order chi connectivity index (χ1) is 8.97. The average molecular weight is 275 g/mol. The van der Waals surface area contributed by atoms with Crippen molar-refractivity contribution in [3.63, 3.8) is 0 Å². The molecule has 0 aliphatic heterocycles. The fraction of sp³-hybridized carbons (Fsp3) is 0.154. The molecule has 6 heteroatoms. The molecular weight excluding hydrogens is 262 g/mol. The molecule has 98 valence electrons. The minimum atomic E-state index is -0.271. The molecule has 19 heavy (non-hydrogen) atoms. The molecule has 1 aromatic heterocycles. The SMILES string of the molecule is CC(=O)c1cccc(NC(=O)c2sc(N)nc2C)c1. The van der Waals surface area contributed by atoms with Gasteiger partial charge in [0, 0.05) is 11.3 Å². The number of Topliss-reactive ketones (excluding diaryl/α,β-unsaturated/α-hetero) is 1. The summed E-state index contributed by atoms with van der Waals surface area (Å²) in [6.45, 7) is 3.21. The van der Waals surface area contributed by atoms with Gasteiger partial charge in [-0.25, -0.2) is 4.98 Å². The first-order valence-electron chi connectivity index (χ1n) is 5.62. The number of amides is 1. The van der Waals surface area contributed by atoms with Crippen molar-refractivity contribution in [2.75, 3.05) is 11.1 Å². The molecule has 0 fully saturated rings. The van der Waals surface area contributed by atoms with Gasteiger partial charge in [-0.3, -0.25) is 9.59 Å². The summed E-state index contributed by atoms with van der Waals surface area (Å²) in [5.74, 6) is -0.318. The van der Waals surface area contributed by atoms with Gasteiger partial charge in [0.05, 0.1) is 5.69 Å². The molecule has 0 radical (unpaired) electrons. The van der Waals surface area contributed by atoms with Gasteiger partial charge >= 0.3 is 0 Å². The third-order valence-electron chi connectivity index (χ3n) is 2.55. The molecule has 0 atom stereocenters. The van der Waals surface area contributed by atoms with E-state index in [1.165, 1.54) is 6.92 Å². The number of benzene rings is 1. The van der Waals surface area contributed by atoms with Gasteiger partial charge in [-0.1, -0.05) is 23.5 Å². The maximum absolute atomic E-state index is 12.0. The Morgan fingerprint density at radius 3 is 2.68 bits per heavy atom. The number of nitrogens with one attached hydrogen (secondary N) is 1. The molecule has 2 rings (SSSR count). The summed E-state index contributed by atoms with van der Waals surface area (Å²) in [5, 5.41) is 3.09. The molecule has 0 aliphatic rings.